The molecule has 20 bridgehead atoms. The highest BCUT2D eigenvalue weighted by molar-refractivity contribution is 5.86. The molecule has 21 atom stereocenters. The molecule has 3 N–H and O–H groups in total. The van der Waals surface area contributed by atoms with Crippen molar-refractivity contribution in [3.05, 3.63) is 0 Å². The lowest BCUT2D eigenvalue weighted by Crippen LogP contribution is -2.67. The van der Waals surface area contributed by atoms with Gasteiger partial charge in [0.05, 0.1) is 72.8 Å². The molecule has 19 saturated carbocycles. The summed E-state index contributed by atoms with van der Waals surface area (Å²) >= 11 is 0. The van der Waals surface area contributed by atoms with Crippen LogP contribution in [0.4, 0.5) is 0 Å². The van der Waals surface area contributed by atoms with Crippen LogP contribution in [0.1, 0.15) is 424 Å². The van der Waals surface area contributed by atoms with Gasteiger partial charge in [0.1, 0.15) is 46.3 Å². The van der Waals surface area contributed by atoms with Crippen molar-refractivity contribution in [3.8, 4) is 6.07 Å². The van der Waals surface area contributed by atoms with E-state index in [-0.39, 0.29) is 116 Å². The lowest BCUT2D eigenvalue weighted by Gasteiger charge is -2.62. The first-order chi connectivity index (χ1) is 66.5. The molecule has 23 fully saturated rings. The van der Waals surface area contributed by atoms with Crippen molar-refractivity contribution in [1.82, 2.24) is 0 Å². The van der Waals surface area contributed by atoms with Gasteiger partial charge in [0.25, 0.3) is 0 Å². The van der Waals surface area contributed by atoms with Crippen LogP contribution >= 0.6 is 0 Å². The molecule has 4 heterocycles. The summed E-state index contributed by atoms with van der Waals surface area (Å²) in [6, 6.07) is 2.10. The summed E-state index contributed by atoms with van der Waals surface area (Å²) in [5.41, 5.74) is -7.86. The number of nitriles is 1. The summed E-state index contributed by atoms with van der Waals surface area (Å²) in [6.07, 6.45) is 34.8. The molecular formula is C116H181NO26. The maximum Gasteiger partial charge on any atom is 0.344 e. The fourth-order valence-corrected chi connectivity index (χ4v) is 30.8. The minimum atomic E-state index is -1.06. The number of nitrogens with zero attached hydrogens (tertiary/aromatic N) is 1. The van der Waals surface area contributed by atoms with Crippen molar-refractivity contribution < 1.29 is 125 Å². The number of carbonyl (C=O) groups is 11. The minimum Gasteiger partial charge on any atom is -0.459 e. The van der Waals surface area contributed by atoms with Gasteiger partial charge in [-0.2, -0.15) is 5.26 Å². The van der Waals surface area contributed by atoms with Crippen LogP contribution in [-0.2, 0) is 110 Å². The van der Waals surface area contributed by atoms with Crippen molar-refractivity contribution in [1.29, 1.82) is 5.26 Å². The Morgan fingerprint density at radius 3 is 1.29 bits per heavy atom. The zero-order chi connectivity index (χ0) is 105. The standard InChI is InChI=1S/C20H32O2.C19H32O2.C17H21NO6.C16H26O4.C16H26O3.C15H20O7.C13H24O2/c1-5-19(3,4)18(21)22-20(6-2)11-14-10-15(20)17-13-8-7-12(9-13)16(14)17;1-6-17(2,3)16(20)21-18(4,5)19-10-13-7-14(11-19)9-15(8-13)12-19;1-4-16(2,3)14(20)22-7-11(19)23-12-9-5-10-13(12)24-15(21)17(10,6-9)8-18;1-4-13(2,3)12(17)20-16-7-11-5-14(18,9-16)8-15(19,6-11)10-16;1-4-14(2,3)13(17)19-16-8-11-5-12(9-16)7-15(18,6-11)10-16;1-4-15(2,3)14(18)19-6-9(16)21-11-8-5-7-10(20-8)12(11)22-13(7)17;1-5-12(3,4)11(14)15-13(6-2)9-7-8-10-13/h12-17H,5-11H2,1-4H3;13-15H,6-12H2,1-5H3;9-10,12-13H,4-7H2,1-3H3;11,18-19H,4-10H2,1-3H3;11-12,18H,4-10H2,1-3H3;7-8,10-12H,4-6H2,1-3H3;5-10H2,1-4H3. The van der Waals surface area contributed by atoms with Gasteiger partial charge >= 0.3 is 65.7 Å². The van der Waals surface area contributed by atoms with Crippen LogP contribution in [-0.4, -0.2) is 176 Å². The first kappa shape index (κ1) is 112. The van der Waals surface area contributed by atoms with Gasteiger partial charge in [0.2, 0.25) is 0 Å². The smallest absolute Gasteiger partial charge is 0.344 e. The molecule has 0 radical (unpaired) electrons. The summed E-state index contributed by atoms with van der Waals surface area (Å²) in [5, 5.41) is 41.3. The number of carbonyl (C=O) groups excluding carboxylic acids is 11. The molecule has 19 aliphatic carbocycles. The van der Waals surface area contributed by atoms with Crippen LogP contribution in [0.15, 0.2) is 0 Å². The van der Waals surface area contributed by atoms with E-state index < -0.39 is 117 Å². The van der Waals surface area contributed by atoms with Crippen LogP contribution in [0, 0.1) is 149 Å². The van der Waals surface area contributed by atoms with E-state index in [1.807, 2.05) is 104 Å². The molecule has 0 amide bonds. The Labute approximate surface area is 853 Å². The molecule has 0 aromatic heterocycles. The Kier molecular flexibility index (Phi) is 31.9. The lowest BCUT2D eigenvalue weighted by atomic mass is 9.46. The van der Waals surface area contributed by atoms with E-state index in [2.05, 4.69) is 47.6 Å². The molecule has 0 spiro atoms. The van der Waals surface area contributed by atoms with Gasteiger partial charge in [-0.05, 0) is 401 Å². The van der Waals surface area contributed by atoms with Crippen LogP contribution in [0.5, 0.6) is 0 Å². The van der Waals surface area contributed by atoms with Gasteiger partial charge in [-0.25, -0.2) is 9.59 Å². The Balaban J connectivity index is 0.000000133. The highest BCUT2D eigenvalue weighted by Gasteiger charge is 2.74. The number of hydrogen-bond donors (Lipinski definition) is 3. The highest BCUT2D eigenvalue weighted by atomic mass is 16.7. The van der Waals surface area contributed by atoms with Crippen molar-refractivity contribution in [2.45, 2.75) is 505 Å². The van der Waals surface area contributed by atoms with Crippen LogP contribution in [0.25, 0.3) is 0 Å². The first-order valence-electron chi connectivity index (χ1n) is 56.0. The number of aliphatic hydroxyl groups is 3. The van der Waals surface area contributed by atoms with Gasteiger partial charge in [-0.1, -0.05) is 62.3 Å². The van der Waals surface area contributed by atoms with Gasteiger partial charge in [0, 0.05) is 48.9 Å². The fraction of sp³-hybridized carbons (Fsp3) is 0.897. The Morgan fingerprint density at radius 2 is 0.818 bits per heavy atom. The second-order valence-electron chi connectivity index (χ2n) is 54.5. The molecule has 4 aliphatic heterocycles. The van der Waals surface area contributed by atoms with Crippen molar-refractivity contribution in [2.24, 2.45) is 138 Å². The van der Waals surface area contributed by atoms with Crippen LogP contribution < -0.4 is 0 Å². The van der Waals surface area contributed by atoms with E-state index in [0.717, 1.165) is 156 Å². The maximum absolute atomic E-state index is 12.7. The zero-order valence-corrected chi connectivity index (χ0v) is 91.8. The van der Waals surface area contributed by atoms with Gasteiger partial charge in [-0.15, -0.1) is 0 Å². The zero-order valence-electron chi connectivity index (χ0n) is 91.8. The molecule has 143 heavy (non-hydrogen) atoms. The van der Waals surface area contributed by atoms with E-state index in [1.165, 1.54) is 83.5 Å². The SMILES string of the molecule is CCC(C)(C)C(=O)OC(C)(C)C12CC3CC(CC(C3)C1)C2.CCC(C)(C)C(=O)OC1(CC)CC2CC1C1C3CCC(C3)C21.CCC(C)(C)C(=O)OC12CC3CC(CC(O)(C3)C1)C2.CCC(C)(C)C(=O)OC12CC3CC(O)(CC(O)(C3)C1)C2.CCC(C)(C)C(=O)OCC(=O)OC1C2CC3C(=O)OC1C3O2.CCC(C)(C)C(=O)OCC(=O)OC1C2CC3C1OC(=O)C3(C#N)C2.CCC1(OC(=O)C(C)(C)CC)CCCC1. The molecule has 0 aromatic rings. The van der Waals surface area contributed by atoms with Crippen molar-refractivity contribution >= 4 is 65.7 Å². The quantitative estimate of drug-likeness (QED) is 0.0372. The maximum atomic E-state index is 12.7. The fourth-order valence-electron chi connectivity index (χ4n) is 30.8. The lowest BCUT2D eigenvalue weighted by molar-refractivity contribution is -0.264. The van der Waals surface area contributed by atoms with Crippen LogP contribution in [0.3, 0.4) is 0 Å². The Hall–Kier alpha value is -6.50. The third kappa shape index (κ3) is 22.2. The van der Waals surface area contributed by atoms with Gasteiger partial charge < -0.3 is 72.2 Å². The number of rotatable bonds is 28. The summed E-state index contributed by atoms with van der Waals surface area (Å²) in [6.45, 7) is 48.4. The molecule has 21 unspecified atom stereocenters. The van der Waals surface area contributed by atoms with E-state index >= 15 is 0 Å². The molecule has 4 saturated heterocycles. The average Bonchev–Trinajstić information content (AvgIpc) is 1.67. The van der Waals surface area contributed by atoms with E-state index in [1.54, 1.807) is 27.7 Å². The minimum absolute atomic E-state index is 0.00857. The van der Waals surface area contributed by atoms with E-state index in [0.29, 0.717) is 75.5 Å². The summed E-state index contributed by atoms with van der Waals surface area (Å²) in [7, 11) is 0. The molecule has 27 nitrogen and oxygen atoms in total. The third-order valence-electron chi connectivity index (χ3n) is 41.3. The van der Waals surface area contributed by atoms with Crippen molar-refractivity contribution in [2.75, 3.05) is 13.2 Å². The molecule has 806 valence electrons. The predicted molar refractivity (Wildman–Crippen MR) is 531 cm³/mol. The topological polar surface area (TPSA) is 383 Å². The average molecular weight is 2010 g/mol. The molecular weight excluding hydrogens is 1820 g/mol. The highest BCUT2D eigenvalue weighted by Crippen LogP contribution is 2.72. The first-order valence-corrected chi connectivity index (χ1v) is 56.0. The molecule has 23 aliphatic rings. The summed E-state index contributed by atoms with van der Waals surface area (Å²) < 4.78 is 66.9. The second-order valence-corrected chi connectivity index (χ2v) is 54.5. The summed E-state index contributed by atoms with van der Waals surface area (Å²) in [4.78, 5) is 133. The number of ether oxygens (including phenoxy) is 12. The van der Waals surface area contributed by atoms with Crippen molar-refractivity contribution in [3.63, 3.8) is 0 Å². The van der Waals surface area contributed by atoms with E-state index in [4.69, 9.17) is 56.8 Å². The predicted octanol–water partition coefficient (Wildman–Crippen LogP) is 20.6. The van der Waals surface area contributed by atoms with Crippen LogP contribution in [0.2, 0.25) is 0 Å². The van der Waals surface area contributed by atoms with E-state index in [9.17, 15) is 73.3 Å². The molecule has 27 heteroatoms. The Bertz CT molecular complexity index is 4680. The normalized spacial score (nSPS) is 39.2. The van der Waals surface area contributed by atoms with Gasteiger partial charge in [-0.3, -0.25) is 43.2 Å². The number of esters is 11. The third-order valence-corrected chi connectivity index (χ3v) is 41.3. The van der Waals surface area contributed by atoms with Gasteiger partial charge in [0.15, 0.2) is 30.8 Å². The Morgan fingerprint density at radius 1 is 0.392 bits per heavy atom. The number of fused-ring (bicyclic) bond motifs is 11. The second kappa shape index (κ2) is 40.7. The number of hydrogen-bond acceptors (Lipinski definition) is 27. The summed E-state index contributed by atoms with van der Waals surface area (Å²) in [5.74, 6) is 5.69. The largest absolute Gasteiger partial charge is 0.459 e. The monoisotopic (exact) mass is 2000 g/mol. The molecule has 23 rings (SSSR count). The molecule has 0 aromatic carbocycles.